The predicted octanol–water partition coefficient (Wildman–Crippen LogP) is 5.09. The minimum absolute atomic E-state index is 0.0393. The maximum Gasteiger partial charge on any atom is 0.290 e. The topological polar surface area (TPSA) is 84.9 Å². The number of aryl methyl sites for hydroxylation is 1. The summed E-state index contributed by atoms with van der Waals surface area (Å²) in [6.07, 6.45) is 2.49. The Kier molecular flexibility index (Phi) is 8.26. The standard InChI is InChI=1S/C22H21Cl2NO5S/c1-2-3-14-9-17(23)18(24)10-19(14)30-12-15(26)11-29-16-6-4-13(5-7-16)8-20-21(27)25-22(28)31-20/h4-10,15,26H,2-3,11-12H2,1H3,(H,25,27,28). The number of halogens is 2. The number of ether oxygens (including phenoxy) is 2. The lowest BCUT2D eigenvalue weighted by Gasteiger charge is -2.16. The Labute approximate surface area is 194 Å². The highest BCUT2D eigenvalue weighted by molar-refractivity contribution is 8.18. The summed E-state index contributed by atoms with van der Waals surface area (Å²) in [5, 5.41) is 12.9. The quantitative estimate of drug-likeness (QED) is 0.485. The molecule has 31 heavy (non-hydrogen) atoms. The van der Waals surface area contributed by atoms with E-state index in [0.29, 0.717) is 26.4 Å². The van der Waals surface area contributed by atoms with Crippen LogP contribution in [-0.2, 0) is 11.2 Å². The third kappa shape index (κ3) is 6.64. The van der Waals surface area contributed by atoms with E-state index < -0.39 is 12.0 Å². The van der Waals surface area contributed by atoms with Gasteiger partial charge in [0.1, 0.15) is 30.8 Å². The highest BCUT2D eigenvalue weighted by atomic mass is 35.5. The van der Waals surface area contributed by atoms with Gasteiger partial charge in [0, 0.05) is 6.07 Å². The van der Waals surface area contributed by atoms with Crippen LogP contribution in [0, 0.1) is 0 Å². The van der Waals surface area contributed by atoms with Gasteiger partial charge in [-0.05, 0) is 53.6 Å². The summed E-state index contributed by atoms with van der Waals surface area (Å²) in [6, 6.07) is 10.4. The first-order valence-corrected chi connectivity index (χ1v) is 11.2. The molecule has 0 aromatic heterocycles. The van der Waals surface area contributed by atoms with Crippen LogP contribution in [0.2, 0.25) is 10.0 Å². The second-order valence-electron chi connectivity index (χ2n) is 6.82. The Morgan fingerprint density at radius 1 is 1.10 bits per heavy atom. The Balaban J connectivity index is 1.52. The molecule has 6 nitrogen and oxygen atoms in total. The zero-order chi connectivity index (χ0) is 22.4. The molecule has 2 aromatic rings. The number of amides is 2. The van der Waals surface area contributed by atoms with Crippen molar-refractivity contribution in [1.82, 2.24) is 5.32 Å². The second kappa shape index (κ2) is 10.9. The van der Waals surface area contributed by atoms with E-state index in [0.717, 1.165) is 35.7 Å². The minimum Gasteiger partial charge on any atom is -0.491 e. The summed E-state index contributed by atoms with van der Waals surface area (Å²) in [4.78, 5) is 23.1. The van der Waals surface area contributed by atoms with Gasteiger partial charge in [0.15, 0.2) is 0 Å². The SMILES string of the molecule is CCCc1cc(Cl)c(Cl)cc1OCC(O)COc1ccc(C=C2SC(=O)NC2=O)cc1. The maximum absolute atomic E-state index is 11.6. The van der Waals surface area contributed by atoms with Crippen LogP contribution in [0.1, 0.15) is 24.5 Å². The van der Waals surface area contributed by atoms with Crippen LogP contribution in [0.25, 0.3) is 6.08 Å². The van der Waals surface area contributed by atoms with Crippen molar-refractivity contribution in [3.63, 3.8) is 0 Å². The van der Waals surface area contributed by atoms with Crippen LogP contribution in [0.4, 0.5) is 4.79 Å². The van der Waals surface area contributed by atoms with Crippen molar-refractivity contribution in [3.05, 3.63) is 62.5 Å². The van der Waals surface area contributed by atoms with Crippen LogP contribution in [0.5, 0.6) is 11.5 Å². The number of hydrogen-bond donors (Lipinski definition) is 2. The molecule has 1 heterocycles. The van der Waals surface area contributed by atoms with Crippen molar-refractivity contribution in [3.8, 4) is 11.5 Å². The largest absolute Gasteiger partial charge is 0.491 e. The molecule has 9 heteroatoms. The number of imide groups is 1. The van der Waals surface area contributed by atoms with Crippen molar-refractivity contribution < 1.29 is 24.2 Å². The van der Waals surface area contributed by atoms with E-state index in [4.69, 9.17) is 32.7 Å². The molecule has 0 bridgehead atoms. The summed E-state index contributed by atoms with van der Waals surface area (Å²) in [7, 11) is 0. The Morgan fingerprint density at radius 3 is 2.42 bits per heavy atom. The molecule has 2 aromatic carbocycles. The van der Waals surface area contributed by atoms with Gasteiger partial charge in [0.05, 0.1) is 15.0 Å². The number of aliphatic hydroxyl groups is 1. The molecule has 1 saturated heterocycles. The molecule has 1 unspecified atom stereocenters. The Bertz CT molecular complexity index is 994. The molecule has 1 fully saturated rings. The van der Waals surface area contributed by atoms with Gasteiger partial charge in [0.2, 0.25) is 0 Å². The van der Waals surface area contributed by atoms with Gasteiger partial charge in [-0.25, -0.2) is 0 Å². The van der Waals surface area contributed by atoms with E-state index in [1.54, 1.807) is 42.5 Å². The number of aliphatic hydroxyl groups excluding tert-OH is 1. The summed E-state index contributed by atoms with van der Waals surface area (Å²) in [6.45, 7) is 2.13. The first-order chi connectivity index (χ1) is 14.9. The molecule has 3 rings (SSSR count). The van der Waals surface area contributed by atoms with Crippen LogP contribution in [0.3, 0.4) is 0 Å². The van der Waals surface area contributed by atoms with Crippen molar-refractivity contribution in [2.75, 3.05) is 13.2 Å². The number of carbonyl (C=O) groups excluding carboxylic acids is 2. The summed E-state index contributed by atoms with van der Waals surface area (Å²) in [5.74, 6) is 0.754. The number of rotatable bonds is 9. The zero-order valence-electron chi connectivity index (χ0n) is 16.7. The third-order valence-electron chi connectivity index (χ3n) is 4.32. The highest BCUT2D eigenvalue weighted by Gasteiger charge is 2.24. The summed E-state index contributed by atoms with van der Waals surface area (Å²) >= 11 is 13.0. The fourth-order valence-electron chi connectivity index (χ4n) is 2.83. The average molecular weight is 482 g/mol. The van der Waals surface area contributed by atoms with E-state index in [9.17, 15) is 14.7 Å². The maximum atomic E-state index is 11.6. The van der Waals surface area contributed by atoms with E-state index in [-0.39, 0.29) is 18.5 Å². The first kappa shape index (κ1) is 23.5. The molecule has 0 aliphatic carbocycles. The number of hydrogen-bond acceptors (Lipinski definition) is 6. The van der Waals surface area contributed by atoms with Gasteiger partial charge < -0.3 is 14.6 Å². The van der Waals surface area contributed by atoms with Crippen LogP contribution in [-0.4, -0.2) is 35.6 Å². The van der Waals surface area contributed by atoms with E-state index in [1.165, 1.54) is 0 Å². The smallest absolute Gasteiger partial charge is 0.290 e. The van der Waals surface area contributed by atoms with E-state index >= 15 is 0 Å². The number of benzene rings is 2. The second-order valence-corrected chi connectivity index (χ2v) is 8.65. The van der Waals surface area contributed by atoms with Gasteiger partial charge in [-0.1, -0.05) is 48.7 Å². The fourth-order valence-corrected chi connectivity index (χ4v) is 3.85. The molecule has 0 spiro atoms. The normalized spacial score (nSPS) is 15.8. The molecule has 0 radical (unpaired) electrons. The highest BCUT2D eigenvalue weighted by Crippen LogP contribution is 2.31. The summed E-state index contributed by atoms with van der Waals surface area (Å²) < 4.78 is 11.3. The van der Waals surface area contributed by atoms with Crippen molar-refractivity contribution in [2.45, 2.75) is 25.9 Å². The van der Waals surface area contributed by atoms with Crippen molar-refractivity contribution in [2.24, 2.45) is 0 Å². The van der Waals surface area contributed by atoms with Crippen LogP contribution in [0.15, 0.2) is 41.3 Å². The molecule has 2 N–H and O–H groups in total. The molecule has 1 atom stereocenters. The lowest BCUT2D eigenvalue weighted by Crippen LogP contribution is -2.25. The van der Waals surface area contributed by atoms with E-state index in [1.807, 2.05) is 0 Å². The lowest BCUT2D eigenvalue weighted by molar-refractivity contribution is -0.115. The molecular formula is C22H21Cl2NO5S. The van der Waals surface area contributed by atoms with Gasteiger partial charge in [-0.2, -0.15) is 0 Å². The first-order valence-electron chi connectivity index (χ1n) is 9.62. The van der Waals surface area contributed by atoms with Crippen molar-refractivity contribution in [1.29, 1.82) is 0 Å². The molecule has 2 amide bonds. The minimum atomic E-state index is -0.852. The summed E-state index contributed by atoms with van der Waals surface area (Å²) in [5.41, 5.74) is 1.69. The lowest BCUT2D eigenvalue weighted by atomic mass is 10.1. The number of carbonyl (C=O) groups is 2. The van der Waals surface area contributed by atoms with Gasteiger partial charge in [-0.3, -0.25) is 14.9 Å². The van der Waals surface area contributed by atoms with Gasteiger partial charge in [0.25, 0.3) is 11.1 Å². The predicted molar refractivity (Wildman–Crippen MR) is 123 cm³/mol. The average Bonchev–Trinajstić information content (AvgIpc) is 3.05. The molecule has 1 aliphatic heterocycles. The molecule has 1 aliphatic rings. The van der Waals surface area contributed by atoms with Crippen molar-refractivity contribution >= 4 is 52.2 Å². The number of nitrogens with one attached hydrogen (secondary N) is 1. The zero-order valence-corrected chi connectivity index (χ0v) is 19.0. The third-order valence-corrected chi connectivity index (χ3v) is 5.85. The Hall–Kier alpha value is -2.19. The van der Waals surface area contributed by atoms with Gasteiger partial charge in [-0.15, -0.1) is 0 Å². The van der Waals surface area contributed by atoms with Crippen LogP contribution < -0.4 is 14.8 Å². The van der Waals surface area contributed by atoms with E-state index in [2.05, 4.69) is 12.2 Å². The monoisotopic (exact) mass is 481 g/mol. The Morgan fingerprint density at radius 2 is 1.77 bits per heavy atom. The molecular weight excluding hydrogens is 461 g/mol. The van der Waals surface area contributed by atoms with Gasteiger partial charge >= 0.3 is 0 Å². The number of thioether (sulfide) groups is 1. The molecule has 164 valence electrons. The fraction of sp³-hybridized carbons (Fsp3) is 0.273. The van der Waals surface area contributed by atoms with Crippen LogP contribution >= 0.6 is 35.0 Å². The molecule has 0 saturated carbocycles.